The molecule has 2 aromatic carbocycles. The number of benzene rings is 2. The van der Waals surface area contributed by atoms with Gasteiger partial charge in [0.25, 0.3) is 0 Å². The first-order valence-electron chi connectivity index (χ1n) is 9.50. The maximum atomic E-state index is 12.2. The third-order valence-electron chi connectivity index (χ3n) is 5.34. The molecule has 1 aliphatic heterocycles. The van der Waals surface area contributed by atoms with E-state index in [2.05, 4.69) is 0 Å². The molecule has 2 aromatic rings. The Hall–Kier alpha value is -2.90. The summed E-state index contributed by atoms with van der Waals surface area (Å²) in [4.78, 5) is 24.8. The van der Waals surface area contributed by atoms with Crippen LogP contribution in [0.25, 0.3) is 0 Å². The SMILES string of the molecule is O=C(O)COc1ccc(CN2CC[C@@H](O)[C@](Cc3ccccc3)(C(=O)O)C2)cc1. The van der Waals surface area contributed by atoms with Gasteiger partial charge in [0.2, 0.25) is 0 Å². The summed E-state index contributed by atoms with van der Waals surface area (Å²) >= 11 is 0. The summed E-state index contributed by atoms with van der Waals surface area (Å²) in [6.07, 6.45) is -0.259. The van der Waals surface area contributed by atoms with Crippen molar-refractivity contribution in [1.82, 2.24) is 4.90 Å². The van der Waals surface area contributed by atoms with E-state index in [9.17, 15) is 19.8 Å². The summed E-state index contributed by atoms with van der Waals surface area (Å²) in [6.45, 7) is 0.984. The zero-order valence-corrected chi connectivity index (χ0v) is 16.0. The molecule has 1 heterocycles. The number of hydrogen-bond acceptors (Lipinski definition) is 5. The lowest BCUT2D eigenvalue weighted by molar-refractivity contribution is -0.163. The summed E-state index contributed by atoms with van der Waals surface area (Å²) in [5.74, 6) is -1.56. The minimum atomic E-state index is -1.26. The number of carboxylic acid groups (broad SMARTS) is 2. The molecule has 0 aliphatic carbocycles. The smallest absolute Gasteiger partial charge is 0.341 e. The Balaban J connectivity index is 1.71. The Kier molecular flexibility index (Phi) is 6.51. The number of likely N-dealkylation sites (tertiary alicyclic amines) is 1. The van der Waals surface area contributed by atoms with Gasteiger partial charge in [-0.1, -0.05) is 42.5 Å². The number of aliphatic carboxylic acids is 2. The topological polar surface area (TPSA) is 107 Å². The fourth-order valence-corrected chi connectivity index (χ4v) is 3.81. The lowest BCUT2D eigenvalue weighted by atomic mass is 9.72. The van der Waals surface area contributed by atoms with Crippen LogP contribution in [-0.2, 0) is 22.6 Å². The van der Waals surface area contributed by atoms with Gasteiger partial charge in [-0.05, 0) is 36.1 Å². The lowest BCUT2D eigenvalue weighted by Gasteiger charge is -2.43. The molecule has 154 valence electrons. The van der Waals surface area contributed by atoms with Crippen molar-refractivity contribution < 1.29 is 29.6 Å². The van der Waals surface area contributed by atoms with Gasteiger partial charge in [0.05, 0.1) is 6.10 Å². The van der Waals surface area contributed by atoms with Gasteiger partial charge in [-0.25, -0.2) is 4.79 Å². The molecule has 0 amide bonds. The largest absolute Gasteiger partial charge is 0.482 e. The summed E-state index contributed by atoms with van der Waals surface area (Å²) in [5, 5.41) is 29.3. The van der Waals surface area contributed by atoms with E-state index in [0.717, 1.165) is 11.1 Å². The van der Waals surface area contributed by atoms with E-state index in [4.69, 9.17) is 9.84 Å². The zero-order chi connectivity index (χ0) is 20.9. The van der Waals surface area contributed by atoms with Gasteiger partial charge in [-0.3, -0.25) is 9.69 Å². The highest BCUT2D eigenvalue weighted by Gasteiger charge is 2.49. The highest BCUT2D eigenvalue weighted by molar-refractivity contribution is 5.76. The molecular formula is C22H25NO6. The maximum Gasteiger partial charge on any atom is 0.341 e. The highest BCUT2D eigenvalue weighted by Crippen LogP contribution is 2.35. The van der Waals surface area contributed by atoms with Crippen LogP contribution in [0.5, 0.6) is 5.75 Å². The van der Waals surface area contributed by atoms with E-state index in [1.165, 1.54) is 0 Å². The van der Waals surface area contributed by atoms with Crippen molar-refractivity contribution in [3.8, 4) is 5.75 Å². The van der Waals surface area contributed by atoms with Crippen LogP contribution < -0.4 is 4.74 Å². The lowest BCUT2D eigenvalue weighted by Crippen LogP contribution is -2.56. The molecule has 1 saturated heterocycles. The summed E-state index contributed by atoms with van der Waals surface area (Å²) in [5.41, 5.74) is 0.586. The van der Waals surface area contributed by atoms with Gasteiger partial charge in [-0.2, -0.15) is 0 Å². The Labute approximate surface area is 169 Å². The van der Waals surface area contributed by atoms with Crippen molar-refractivity contribution in [2.24, 2.45) is 5.41 Å². The molecule has 7 nitrogen and oxygen atoms in total. The first-order valence-corrected chi connectivity index (χ1v) is 9.50. The monoisotopic (exact) mass is 399 g/mol. The van der Waals surface area contributed by atoms with Crippen molar-refractivity contribution in [3.63, 3.8) is 0 Å². The normalized spacial score (nSPS) is 22.2. The number of ether oxygens (including phenoxy) is 1. The van der Waals surface area contributed by atoms with E-state index in [-0.39, 0.29) is 13.0 Å². The van der Waals surface area contributed by atoms with Crippen LogP contribution in [-0.4, -0.2) is 58.0 Å². The zero-order valence-electron chi connectivity index (χ0n) is 16.0. The number of carbonyl (C=O) groups is 2. The van der Waals surface area contributed by atoms with Crippen LogP contribution in [0.2, 0.25) is 0 Å². The van der Waals surface area contributed by atoms with Gasteiger partial charge < -0.3 is 20.1 Å². The number of rotatable bonds is 8. The van der Waals surface area contributed by atoms with Gasteiger partial charge in [0.1, 0.15) is 11.2 Å². The number of hydrogen-bond donors (Lipinski definition) is 3. The Morgan fingerprint density at radius 3 is 2.34 bits per heavy atom. The van der Waals surface area contributed by atoms with Crippen molar-refractivity contribution in [3.05, 3.63) is 65.7 Å². The molecule has 3 N–H and O–H groups in total. The van der Waals surface area contributed by atoms with Gasteiger partial charge in [0, 0.05) is 19.6 Å². The second-order valence-corrected chi connectivity index (χ2v) is 7.47. The molecule has 2 atom stereocenters. The molecular weight excluding hydrogens is 374 g/mol. The molecule has 1 aliphatic rings. The minimum Gasteiger partial charge on any atom is -0.482 e. The summed E-state index contributed by atoms with van der Waals surface area (Å²) < 4.78 is 5.13. The van der Waals surface area contributed by atoms with Crippen LogP contribution in [0, 0.1) is 5.41 Å². The van der Waals surface area contributed by atoms with E-state index >= 15 is 0 Å². The number of aliphatic hydroxyl groups is 1. The van der Waals surface area contributed by atoms with E-state index in [1.54, 1.807) is 12.1 Å². The van der Waals surface area contributed by atoms with Crippen LogP contribution in [0.3, 0.4) is 0 Å². The number of carboxylic acids is 2. The molecule has 0 bridgehead atoms. The first kappa shape index (κ1) is 20.8. The van der Waals surface area contributed by atoms with E-state index in [0.29, 0.717) is 25.3 Å². The Morgan fingerprint density at radius 1 is 1.03 bits per heavy atom. The molecule has 29 heavy (non-hydrogen) atoms. The molecule has 3 rings (SSSR count). The third-order valence-corrected chi connectivity index (χ3v) is 5.34. The van der Waals surface area contributed by atoms with Crippen LogP contribution in [0.15, 0.2) is 54.6 Å². The summed E-state index contributed by atoms with van der Waals surface area (Å²) in [7, 11) is 0. The number of nitrogens with zero attached hydrogens (tertiary/aromatic N) is 1. The quantitative estimate of drug-likeness (QED) is 0.623. The maximum absolute atomic E-state index is 12.2. The predicted octanol–water partition coefficient (Wildman–Crippen LogP) is 2.03. The molecule has 1 fully saturated rings. The molecule has 0 spiro atoms. The molecule has 0 radical (unpaired) electrons. The Morgan fingerprint density at radius 2 is 1.72 bits per heavy atom. The average Bonchev–Trinajstić information content (AvgIpc) is 2.70. The van der Waals surface area contributed by atoms with Gasteiger partial charge in [-0.15, -0.1) is 0 Å². The third kappa shape index (κ3) is 5.13. The molecule has 0 saturated carbocycles. The molecule has 7 heteroatoms. The second-order valence-electron chi connectivity index (χ2n) is 7.47. The fraction of sp³-hybridized carbons (Fsp3) is 0.364. The number of piperidine rings is 1. The fourth-order valence-electron chi connectivity index (χ4n) is 3.81. The van der Waals surface area contributed by atoms with Gasteiger partial charge >= 0.3 is 11.9 Å². The number of aliphatic hydroxyl groups excluding tert-OH is 1. The van der Waals surface area contributed by atoms with Crippen LogP contribution in [0.1, 0.15) is 17.5 Å². The predicted molar refractivity (Wildman–Crippen MR) is 106 cm³/mol. The van der Waals surface area contributed by atoms with Gasteiger partial charge in [0.15, 0.2) is 6.61 Å². The second kappa shape index (κ2) is 9.07. The molecule has 0 aromatic heterocycles. The standard InChI is InChI=1S/C22H25NO6/c24-19-10-11-23(13-17-6-8-18(9-7-17)29-14-20(25)26)15-22(19,21(27)28)12-16-4-2-1-3-5-16/h1-9,19,24H,10-15H2,(H,25,26)(H,27,28)/t19-,22-/m1/s1. The first-order chi connectivity index (χ1) is 13.9. The van der Waals surface area contributed by atoms with E-state index < -0.39 is 30.1 Å². The van der Waals surface area contributed by atoms with Crippen molar-refractivity contribution in [1.29, 1.82) is 0 Å². The van der Waals surface area contributed by atoms with Crippen LogP contribution in [0.4, 0.5) is 0 Å². The summed E-state index contributed by atoms with van der Waals surface area (Å²) in [6, 6.07) is 16.4. The Bertz CT molecular complexity index is 838. The van der Waals surface area contributed by atoms with Crippen molar-refractivity contribution in [2.45, 2.75) is 25.5 Å². The minimum absolute atomic E-state index is 0.246. The van der Waals surface area contributed by atoms with Crippen LogP contribution >= 0.6 is 0 Å². The van der Waals surface area contributed by atoms with Crippen molar-refractivity contribution in [2.75, 3.05) is 19.7 Å². The average molecular weight is 399 g/mol. The molecule has 0 unspecified atom stereocenters. The van der Waals surface area contributed by atoms with Crippen molar-refractivity contribution >= 4 is 11.9 Å². The van der Waals surface area contributed by atoms with E-state index in [1.807, 2.05) is 47.4 Å². The highest BCUT2D eigenvalue weighted by atomic mass is 16.5.